The number of carbonyl (C=O) groups excluding carboxylic acids is 3. The van der Waals surface area contributed by atoms with Gasteiger partial charge < -0.3 is 29.5 Å². The topological polar surface area (TPSA) is 198 Å². The fourth-order valence-electron chi connectivity index (χ4n) is 10.7. The molecule has 5 aromatic rings. The number of hydrogen-bond donors (Lipinski definition) is 2. The van der Waals surface area contributed by atoms with Crippen LogP contribution in [0.4, 0.5) is 23.1 Å². The summed E-state index contributed by atoms with van der Waals surface area (Å²) in [7, 11) is 1.60. The van der Waals surface area contributed by atoms with Crippen LogP contribution >= 0.6 is 0 Å². The maximum Gasteiger partial charge on any atom is 0.275 e. The molecule has 67 heavy (non-hydrogen) atoms. The molecule has 2 N–H and O–H groups in total. The average Bonchev–Trinajstić information content (AvgIpc) is 3.74. The number of carbonyl (C=O) groups is 3. The highest BCUT2D eigenvalue weighted by Gasteiger charge is 2.37. The zero-order valence-corrected chi connectivity index (χ0v) is 38.7. The van der Waals surface area contributed by atoms with Crippen molar-refractivity contribution in [3.63, 3.8) is 0 Å². The minimum absolute atomic E-state index is 0.0510. The molecule has 19 nitrogen and oxygen atoms in total. The third-order valence-corrected chi connectivity index (χ3v) is 14.3. The summed E-state index contributed by atoms with van der Waals surface area (Å²) < 4.78 is 15.4. The summed E-state index contributed by atoms with van der Waals surface area (Å²) in [6.45, 7) is 12.2. The molecule has 1 aliphatic carbocycles. The lowest BCUT2D eigenvalue weighted by atomic mass is 9.88. The molecule has 10 rings (SSSR count). The van der Waals surface area contributed by atoms with Gasteiger partial charge in [-0.2, -0.15) is 10.1 Å². The Morgan fingerprint density at radius 1 is 0.940 bits per heavy atom. The molecule has 4 fully saturated rings. The van der Waals surface area contributed by atoms with E-state index in [9.17, 15) is 19.2 Å². The molecule has 19 heteroatoms. The molecular weight excluding hydrogens is 855 g/mol. The average molecular weight is 914 g/mol. The summed E-state index contributed by atoms with van der Waals surface area (Å²) >= 11 is 0. The quantitative estimate of drug-likeness (QED) is 0.174. The third-order valence-electron chi connectivity index (χ3n) is 14.3. The summed E-state index contributed by atoms with van der Waals surface area (Å²) in [4.78, 5) is 70.6. The summed E-state index contributed by atoms with van der Waals surface area (Å²) in [5, 5.41) is 20.5. The zero-order chi connectivity index (χ0) is 46.3. The normalized spacial score (nSPS) is 21.6. The Labute approximate surface area is 388 Å². The molecule has 2 aromatic carbocycles. The number of nitrogens with one attached hydrogen (secondary N) is 2. The lowest BCUT2D eigenvalue weighted by Gasteiger charge is -2.40. The van der Waals surface area contributed by atoms with Crippen LogP contribution in [-0.2, 0) is 14.3 Å². The molecule has 5 aliphatic rings. The molecule has 3 aromatic heterocycles. The molecule has 1 saturated carbocycles. The fraction of sp³-hybridized carbons (Fsp3) is 0.521. The molecule has 3 amide bonds. The smallest absolute Gasteiger partial charge is 0.275 e. The van der Waals surface area contributed by atoms with Gasteiger partial charge in [-0.1, -0.05) is 26.2 Å². The van der Waals surface area contributed by atoms with Crippen LogP contribution in [0, 0.1) is 19.8 Å². The van der Waals surface area contributed by atoms with Crippen LogP contribution in [0.5, 0.6) is 5.75 Å². The molecular formula is C48H59N13O6. The van der Waals surface area contributed by atoms with Gasteiger partial charge in [0.2, 0.25) is 11.9 Å². The van der Waals surface area contributed by atoms with E-state index in [2.05, 4.69) is 52.1 Å². The predicted molar refractivity (Wildman–Crippen MR) is 251 cm³/mol. The van der Waals surface area contributed by atoms with Crippen LogP contribution in [0.25, 0.3) is 16.5 Å². The molecule has 7 heterocycles. The third kappa shape index (κ3) is 8.70. The van der Waals surface area contributed by atoms with Gasteiger partial charge in [0, 0.05) is 75.4 Å². The number of piperazine rings is 1. The first-order chi connectivity index (χ1) is 32.6. The number of amides is 3. The van der Waals surface area contributed by atoms with Crippen molar-refractivity contribution in [2.24, 2.45) is 5.92 Å². The van der Waals surface area contributed by atoms with Gasteiger partial charge in [-0.3, -0.25) is 34.0 Å². The Morgan fingerprint density at radius 3 is 2.54 bits per heavy atom. The largest absolute Gasteiger partial charge is 0.495 e. The molecule has 352 valence electrons. The Morgan fingerprint density at radius 2 is 1.76 bits per heavy atom. The highest BCUT2D eigenvalue weighted by molar-refractivity contribution is 5.99. The van der Waals surface area contributed by atoms with E-state index in [0.29, 0.717) is 66.2 Å². The van der Waals surface area contributed by atoms with Gasteiger partial charge in [0.15, 0.2) is 11.6 Å². The SMILES string of the molecule is CC[C@@H]1c2nnc(C)n2-c2cnc(Nc3ccc(C(=O)N4CCO[C@@H](CN5CCN(c6ccc7c(=O)n(C8CCC(=O)NC8=O)nc(C)c7c6)CC5)C4)cc3OC)nc2N1CC1CCCCC1. The van der Waals surface area contributed by atoms with E-state index in [0.717, 1.165) is 73.4 Å². The number of methoxy groups -OCH3 is 1. The standard InChI is InChI=1S/C48H59N13O6/c1-5-38-44-54-53-30(3)60(44)40-25-49-48(52-43(40)59(38)26-31-9-7-6-8-10-31)50-37-14-11-32(23-41(37)66-4)46(64)58-21-22-67-34(28-58)27-56-17-19-57(20-18-56)33-12-13-35-36(24-33)29(2)55-61(47(35)65)39-15-16-42(62)51-45(39)63/h11-14,23-25,31,34,38-39H,5-10,15-22,26-28H2,1-4H3,(H,49,50,52)(H,51,62,63)/t34-,38+,39?/m0/s1. The number of piperidine rings is 1. The van der Waals surface area contributed by atoms with Crippen molar-refractivity contribution >= 4 is 51.6 Å². The summed E-state index contributed by atoms with van der Waals surface area (Å²) in [5.41, 5.74) is 3.35. The van der Waals surface area contributed by atoms with Crippen molar-refractivity contribution in [1.82, 2.24) is 49.6 Å². The van der Waals surface area contributed by atoms with Crippen LogP contribution < -0.4 is 30.7 Å². The van der Waals surface area contributed by atoms with Crippen molar-refractivity contribution in [2.45, 2.75) is 90.3 Å². The number of fused-ring (bicyclic) bond motifs is 4. The van der Waals surface area contributed by atoms with E-state index in [-0.39, 0.29) is 42.4 Å². The van der Waals surface area contributed by atoms with Gasteiger partial charge in [0.25, 0.3) is 17.4 Å². The first kappa shape index (κ1) is 44.4. The van der Waals surface area contributed by atoms with Crippen LogP contribution in [0.15, 0.2) is 47.4 Å². The second kappa shape index (κ2) is 18.7. The van der Waals surface area contributed by atoms with E-state index < -0.39 is 11.9 Å². The number of anilines is 4. The summed E-state index contributed by atoms with van der Waals surface area (Å²) in [6.07, 6.45) is 9.25. The zero-order valence-electron chi connectivity index (χ0n) is 38.7. The highest BCUT2D eigenvalue weighted by atomic mass is 16.5. The number of nitrogens with zero attached hydrogens (tertiary/aromatic N) is 11. The second-order valence-electron chi connectivity index (χ2n) is 18.5. The Hall–Kier alpha value is -6.47. The van der Waals surface area contributed by atoms with Gasteiger partial charge in [-0.25, -0.2) is 9.67 Å². The molecule has 0 bridgehead atoms. The minimum Gasteiger partial charge on any atom is -0.495 e. The van der Waals surface area contributed by atoms with Crippen molar-refractivity contribution in [1.29, 1.82) is 0 Å². The molecule has 0 spiro atoms. The number of rotatable bonds is 11. The van der Waals surface area contributed by atoms with Crippen molar-refractivity contribution in [3.05, 3.63) is 75.9 Å². The van der Waals surface area contributed by atoms with Crippen LogP contribution in [-0.4, -0.2) is 134 Å². The van der Waals surface area contributed by atoms with Gasteiger partial charge in [-0.15, -0.1) is 10.2 Å². The van der Waals surface area contributed by atoms with Gasteiger partial charge >= 0.3 is 0 Å². The van der Waals surface area contributed by atoms with Gasteiger partial charge in [0.1, 0.15) is 23.3 Å². The number of aryl methyl sites for hydroxylation is 2. The lowest BCUT2D eigenvalue weighted by molar-refractivity contribution is -0.136. The number of aromatic nitrogens is 7. The number of benzene rings is 2. The number of hydrogen-bond acceptors (Lipinski definition) is 15. The predicted octanol–water partition coefficient (Wildman–Crippen LogP) is 4.63. The molecule has 3 atom stereocenters. The first-order valence-corrected chi connectivity index (χ1v) is 23.8. The first-order valence-electron chi connectivity index (χ1n) is 23.8. The van der Waals surface area contributed by atoms with E-state index in [4.69, 9.17) is 19.4 Å². The molecule has 1 unspecified atom stereocenters. The number of ether oxygens (including phenoxy) is 2. The maximum atomic E-state index is 14.0. The Balaban J connectivity index is 0.773. The van der Waals surface area contributed by atoms with Crippen LogP contribution in [0.3, 0.4) is 0 Å². The maximum absolute atomic E-state index is 14.0. The van der Waals surface area contributed by atoms with E-state index >= 15 is 0 Å². The Bertz CT molecular complexity index is 2760. The van der Waals surface area contributed by atoms with Crippen LogP contribution in [0.1, 0.15) is 98.1 Å². The monoisotopic (exact) mass is 913 g/mol. The van der Waals surface area contributed by atoms with Crippen LogP contribution in [0.2, 0.25) is 0 Å². The van der Waals surface area contributed by atoms with Gasteiger partial charge in [-0.05, 0) is 81.8 Å². The highest BCUT2D eigenvalue weighted by Crippen LogP contribution is 2.41. The fourth-order valence-corrected chi connectivity index (χ4v) is 10.7. The van der Waals surface area contributed by atoms with Gasteiger partial charge in [0.05, 0.1) is 48.8 Å². The van der Waals surface area contributed by atoms with Crippen molar-refractivity contribution in [3.8, 4) is 11.4 Å². The minimum atomic E-state index is -0.812. The Kier molecular flexibility index (Phi) is 12.4. The van der Waals surface area contributed by atoms with E-state index in [1.807, 2.05) is 55.3 Å². The molecule has 4 aliphatic heterocycles. The number of imide groups is 1. The van der Waals surface area contributed by atoms with Crippen molar-refractivity contribution in [2.75, 3.05) is 81.2 Å². The summed E-state index contributed by atoms with van der Waals surface area (Å²) in [6, 6.07) is 10.5. The van der Waals surface area contributed by atoms with Crippen molar-refractivity contribution < 1.29 is 23.9 Å². The molecule has 3 saturated heterocycles. The molecule has 0 radical (unpaired) electrons. The second-order valence-corrected chi connectivity index (χ2v) is 18.5. The van der Waals surface area contributed by atoms with E-state index in [1.54, 1.807) is 13.2 Å². The van der Waals surface area contributed by atoms with E-state index in [1.165, 1.54) is 36.8 Å². The number of morpholine rings is 1. The lowest BCUT2D eigenvalue weighted by Crippen LogP contribution is -2.53. The summed E-state index contributed by atoms with van der Waals surface area (Å²) in [5.74, 6) is 3.23.